The summed E-state index contributed by atoms with van der Waals surface area (Å²) in [5.74, 6) is 0.0612. The number of hydrogen-bond donors (Lipinski definition) is 1. The first-order chi connectivity index (χ1) is 14.0. The number of fused-ring (bicyclic) bond motifs is 1. The molecule has 160 valence electrons. The molecule has 1 heterocycles. The number of benzene rings is 2. The largest absolute Gasteiger partial charge is 0.489 e. The summed E-state index contributed by atoms with van der Waals surface area (Å²) in [7, 11) is 0. The number of aryl methyl sites for hydroxylation is 2. The van der Waals surface area contributed by atoms with Crippen molar-refractivity contribution >= 4 is 23.9 Å². The van der Waals surface area contributed by atoms with E-state index in [2.05, 4.69) is 61.2 Å². The van der Waals surface area contributed by atoms with Crippen molar-refractivity contribution in [2.45, 2.75) is 39.7 Å². The van der Waals surface area contributed by atoms with Crippen molar-refractivity contribution in [2.24, 2.45) is 5.92 Å². The molecular formula is C25H30ClNO3. The Morgan fingerprint density at radius 2 is 1.80 bits per heavy atom. The van der Waals surface area contributed by atoms with Crippen molar-refractivity contribution in [3.63, 3.8) is 0 Å². The lowest BCUT2D eigenvalue weighted by Crippen LogP contribution is -2.50. The van der Waals surface area contributed by atoms with E-state index in [0.717, 1.165) is 31.6 Å². The van der Waals surface area contributed by atoms with Crippen LogP contribution in [0, 0.1) is 5.92 Å². The van der Waals surface area contributed by atoms with Gasteiger partial charge in [0.2, 0.25) is 0 Å². The molecule has 1 aliphatic heterocycles. The topological polar surface area (TPSA) is 49.8 Å². The lowest BCUT2D eigenvalue weighted by atomic mass is 9.85. The summed E-state index contributed by atoms with van der Waals surface area (Å²) in [6.45, 7) is 7.17. The molecule has 0 amide bonds. The van der Waals surface area contributed by atoms with Crippen molar-refractivity contribution in [1.29, 1.82) is 0 Å². The molecule has 1 fully saturated rings. The van der Waals surface area contributed by atoms with E-state index in [9.17, 15) is 4.79 Å². The maximum absolute atomic E-state index is 11.0. The van der Waals surface area contributed by atoms with Gasteiger partial charge in [-0.2, -0.15) is 0 Å². The average molecular weight is 428 g/mol. The number of hydrogen-bond acceptors (Lipinski definition) is 3. The third-order valence-electron chi connectivity index (χ3n) is 6.26. The lowest BCUT2D eigenvalue weighted by molar-refractivity contribution is -0.147. The van der Waals surface area contributed by atoms with Crippen LogP contribution < -0.4 is 4.74 Å². The minimum absolute atomic E-state index is 0. The van der Waals surface area contributed by atoms with Gasteiger partial charge >= 0.3 is 5.97 Å². The molecule has 0 unspecified atom stereocenters. The summed E-state index contributed by atoms with van der Waals surface area (Å²) in [4.78, 5) is 13.2. The van der Waals surface area contributed by atoms with Gasteiger partial charge in [0.1, 0.15) is 12.4 Å². The quantitative estimate of drug-likeness (QED) is 0.676. The van der Waals surface area contributed by atoms with E-state index < -0.39 is 5.97 Å². The summed E-state index contributed by atoms with van der Waals surface area (Å²) in [5, 5.41) is 9.05. The fourth-order valence-electron chi connectivity index (χ4n) is 4.26. The first kappa shape index (κ1) is 22.4. The van der Waals surface area contributed by atoms with Crippen molar-refractivity contribution in [3.05, 3.63) is 70.3 Å². The maximum Gasteiger partial charge on any atom is 0.309 e. The standard InChI is InChI=1S/C25H29NO3.ClH/c1-3-18-4-6-19(7-5-18)16-29-23-10-11-24-17(2)21(9-8-20(24)12-23)13-26-14-22(15-26)25(27)28;/h4-7,10-12,22H,3,8-9,13-16H2,1-2H3,(H,27,28);1H. The number of carbonyl (C=O) groups is 1. The third-order valence-corrected chi connectivity index (χ3v) is 6.26. The van der Waals surface area contributed by atoms with Crippen LogP contribution in [0.4, 0.5) is 0 Å². The van der Waals surface area contributed by atoms with Gasteiger partial charge in [-0.15, -0.1) is 12.4 Å². The Kier molecular flexibility index (Phi) is 7.22. The first-order valence-electron chi connectivity index (χ1n) is 10.5. The van der Waals surface area contributed by atoms with Gasteiger partial charge in [-0.05, 0) is 66.1 Å². The molecule has 0 bridgehead atoms. The monoisotopic (exact) mass is 427 g/mol. The number of aliphatic carboxylic acids is 1. The molecule has 0 spiro atoms. The highest BCUT2D eigenvalue weighted by Gasteiger charge is 2.33. The average Bonchev–Trinajstić information content (AvgIpc) is 2.70. The second-order valence-electron chi connectivity index (χ2n) is 8.24. The Labute approximate surface area is 185 Å². The van der Waals surface area contributed by atoms with Crippen LogP contribution in [0.1, 0.15) is 42.5 Å². The van der Waals surface area contributed by atoms with Gasteiger partial charge in [-0.1, -0.05) is 42.8 Å². The van der Waals surface area contributed by atoms with Crippen LogP contribution in [0.15, 0.2) is 48.0 Å². The van der Waals surface area contributed by atoms with Crippen LogP contribution in [0.5, 0.6) is 5.75 Å². The van der Waals surface area contributed by atoms with E-state index in [1.807, 2.05) is 0 Å². The highest BCUT2D eigenvalue weighted by atomic mass is 35.5. The summed E-state index contributed by atoms with van der Waals surface area (Å²) in [5.41, 5.74) is 7.96. The van der Waals surface area contributed by atoms with Gasteiger partial charge in [0, 0.05) is 19.6 Å². The molecule has 2 aromatic rings. The van der Waals surface area contributed by atoms with E-state index in [1.165, 1.54) is 33.4 Å². The second-order valence-corrected chi connectivity index (χ2v) is 8.24. The number of rotatable bonds is 7. The Bertz CT molecular complexity index is 930. The minimum Gasteiger partial charge on any atom is -0.489 e. The Morgan fingerprint density at radius 1 is 1.10 bits per heavy atom. The number of halogens is 1. The molecule has 2 aromatic carbocycles. The van der Waals surface area contributed by atoms with Crippen molar-refractivity contribution in [2.75, 3.05) is 19.6 Å². The fraction of sp³-hybridized carbons (Fsp3) is 0.400. The molecule has 4 rings (SSSR count). The lowest BCUT2D eigenvalue weighted by Gasteiger charge is -2.38. The summed E-state index contributed by atoms with van der Waals surface area (Å²) in [6.07, 6.45) is 3.11. The molecule has 0 radical (unpaired) electrons. The first-order valence-corrected chi connectivity index (χ1v) is 10.5. The van der Waals surface area contributed by atoms with Crippen LogP contribution in [-0.2, 0) is 24.2 Å². The molecule has 0 aromatic heterocycles. The van der Waals surface area contributed by atoms with Gasteiger partial charge < -0.3 is 9.84 Å². The zero-order valence-corrected chi connectivity index (χ0v) is 18.5. The zero-order valence-electron chi connectivity index (χ0n) is 17.7. The number of likely N-dealkylation sites (tertiary alicyclic amines) is 1. The molecule has 1 saturated heterocycles. The molecule has 0 atom stereocenters. The molecule has 5 heteroatoms. The van der Waals surface area contributed by atoms with Crippen molar-refractivity contribution in [3.8, 4) is 5.75 Å². The van der Waals surface area contributed by atoms with Crippen LogP contribution in [-0.4, -0.2) is 35.6 Å². The summed E-state index contributed by atoms with van der Waals surface area (Å²) < 4.78 is 6.04. The van der Waals surface area contributed by atoms with Crippen LogP contribution in [0.3, 0.4) is 0 Å². The summed E-state index contributed by atoms with van der Waals surface area (Å²) >= 11 is 0. The van der Waals surface area contributed by atoms with E-state index >= 15 is 0 Å². The highest BCUT2D eigenvalue weighted by molar-refractivity contribution is 5.85. The second kappa shape index (κ2) is 9.67. The van der Waals surface area contributed by atoms with Crippen LogP contribution >= 0.6 is 12.4 Å². The number of ether oxygens (including phenoxy) is 1. The van der Waals surface area contributed by atoms with Crippen molar-refractivity contribution < 1.29 is 14.6 Å². The molecule has 30 heavy (non-hydrogen) atoms. The Hall–Kier alpha value is -2.30. The molecule has 2 aliphatic rings. The van der Waals surface area contributed by atoms with Gasteiger partial charge in [-0.3, -0.25) is 9.69 Å². The van der Waals surface area contributed by atoms with E-state index in [4.69, 9.17) is 9.84 Å². The summed E-state index contributed by atoms with van der Waals surface area (Å²) in [6, 6.07) is 15.0. The van der Waals surface area contributed by atoms with E-state index in [-0.39, 0.29) is 18.3 Å². The van der Waals surface area contributed by atoms with Gasteiger partial charge in [-0.25, -0.2) is 0 Å². The van der Waals surface area contributed by atoms with Crippen LogP contribution in [0.2, 0.25) is 0 Å². The van der Waals surface area contributed by atoms with E-state index in [0.29, 0.717) is 19.7 Å². The number of carboxylic acids is 1. The predicted octanol–water partition coefficient (Wildman–Crippen LogP) is 4.99. The maximum atomic E-state index is 11.0. The number of allylic oxidation sites excluding steroid dienone is 1. The zero-order chi connectivity index (χ0) is 20.4. The van der Waals surface area contributed by atoms with Crippen LogP contribution in [0.25, 0.3) is 5.57 Å². The SMILES string of the molecule is CCc1ccc(COc2ccc3c(c2)CCC(CN2CC(C(=O)O)C2)=C3C)cc1.Cl. The van der Waals surface area contributed by atoms with Crippen molar-refractivity contribution in [1.82, 2.24) is 4.90 Å². The predicted molar refractivity (Wildman–Crippen MR) is 122 cm³/mol. The molecular weight excluding hydrogens is 398 g/mol. The van der Waals surface area contributed by atoms with E-state index in [1.54, 1.807) is 0 Å². The molecule has 1 N–H and O–H groups in total. The molecule has 0 saturated carbocycles. The normalized spacial score (nSPS) is 16.5. The Morgan fingerprint density at radius 3 is 2.47 bits per heavy atom. The van der Waals surface area contributed by atoms with Gasteiger partial charge in [0.15, 0.2) is 0 Å². The Balaban J connectivity index is 0.00000256. The third kappa shape index (κ3) is 4.88. The fourth-order valence-corrected chi connectivity index (χ4v) is 4.26. The van der Waals surface area contributed by atoms with Gasteiger partial charge in [0.05, 0.1) is 5.92 Å². The minimum atomic E-state index is -0.672. The highest BCUT2D eigenvalue weighted by Crippen LogP contribution is 2.34. The molecule has 4 nitrogen and oxygen atoms in total. The number of nitrogens with zero attached hydrogens (tertiary/aromatic N) is 1. The van der Waals surface area contributed by atoms with Gasteiger partial charge in [0.25, 0.3) is 0 Å². The number of carboxylic acid groups (broad SMARTS) is 1. The smallest absolute Gasteiger partial charge is 0.309 e. The molecule has 1 aliphatic carbocycles.